The van der Waals surface area contributed by atoms with Crippen LogP contribution in [0.4, 0.5) is 0 Å². The van der Waals surface area contributed by atoms with Crippen LogP contribution in [0.15, 0.2) is 46.9 Å². The summed E-state index contributed by atoms with van der Waals surface area (Å²) in [6.45, 7) is 0.357. The van der Waals surface area contributed by atoms with Crippen molar-refractivity contribution >= 4 is 37.5 Å². The zero-order valence-electron chi connectivity index (χ0n) is 12.5. The minimum atomic E-state index is -0.0490. The largest absolute Gasteiger partial charge is 0.490 e. The summed E-state index contributed by atoms with van der Waals surface area (Å²) in [5.41, 5.74) is 0. The summed E-state index contributed by atoms with van der Waals surface area (Å²) in [7, 11) is 0. The predicted molar refractivity (Wildman–Crippen MR) is 94.3 cm³/mol. The van der Waals surface area contributed by atoms with Crippen molar-refractivity contribution in [3.05, 3.63) is 46.9 Å². The molecule has 3 rings (SSSR count). The van der Waals surface area contributed by atoms with E-state index in [4.69, 9.17) is 19.7 Å². The fourth-order valence-electron chi connectivity index (χ4n) is 2.68. The Balaban J connectivity index is 2.35. The van der Waals surface area contributed by atoms with Crippen molar-refractivity contribution in [1.82, 2.24) is 0 Å². The summed E-state index contributed by atoms with van der Waals surface area (Å²) < 4.78 is 12.6. The van der Waals surface area contributed by atoms with Crippen LogP contribution in [0.3, 0.4) is 0 Å². The molecule has 5 heteroatoms. The van der Waals surface area contributed by atoms with E-state index in [1.807, 2.05) is 42.5 Å². The molecule has 0 radical (unpaired) electrons. The summed E-state index contributed by atoms with van der Waals surface area (Å²) in [6, 6.07) is 13.7. The molecule has 0 aliphatic rings. The first-order chi connectivity index (χ1) is 11.3. The van der Waals surface area contributed by atoms with E-state index < -0.39 is 0 Å². The van der Waals surface area contributed by atoms with Crippen molar-refractivity contribution in [3.8, 4) is 11.5 Å². The highest BCUT2D eigenvalue weighted by Gasteiger charge is 2.16. The lowest BCUT2D eigenvalue weighted by Crippen LogP contribution is -2.05. The molecular formula is C18H17BrO4. The van der Waals surface area contributed by atoms with Crippen molar-refractivity contribution in [2.45, 2.75) is 0 Å². The van der Waals surface area contributed by atoms with Gasteiger partial charge in [-0.1, -0.05) is 40.2 Å². The summed E-state index contributed by atoms with van der Waals surface area (Å²) in [5.74, 6) is 1.45. The van der Waals surface area contributed by atoms with Gasteiger partial charge in [0.05, 0.1) is 13.2 Å². The summed E-state index contributed by atoms with van der Waals surface area (Å²) in [5, 5.41) is 21.9. The number of aliphatic hydroxyl groups is 2. The van der Waals surface area contributed by atoms with Gasteiger partial charge in [0.15, 0.2) is 0 Å². The number of hydrogen-bond acceptors (Lipinski definition) is 4. The van der Waals surface area contributed by atoms with E-state index in [1.54, 1.807) is 0 Å². The molecule has 0 aromatic heterocycles. The van der Waals surface area contributed by atoms with Crippen LogP contribution in [0, 0.1) is 0 Å². The van der Waals surface area contributed by atoms with Crippen LogP contribution in [-0.4, -0.2) is 36.6 Å². The number of benzene rings is 3. The Hall–Kier alpha value is -1.82. The summed E-state index contributed by atoms with van der Waals surface area (Å²) in [4.78, 5) is 0. The molecule has 0 amide bonds. The highest BCUT2D eigenvalue weighted by molar-refractivity contribution is 9.10. The second kappa shape index (κ2) is 7.17. The van der Waals surface area contributed by atoms with Gasteiger partial charge in [-0.25, -0.2) is 0 Å². The Labute approximate surface area is 142 Å². The Morgan fingerprint density at radius 1 is 0.739 bits per heavy atom. The zero-order chi connectivity index (χ0) is 16.2. The van der Waals surface area contributed by atoms with E-state index in [9.17, 15) is 0 Å². The molecule has 3 aromatic rings. The maximum atomic E-state index is 9.11. The molecule has 4 nitrogen and oxygen atoms in total. The van der Waals surface area contributed by atoms with Gasteiger partial charge in [0.2, 0.25) is 0 Å². The predicted octanol–water partition coefficient (Wildman–Crippen LogP) is 3.50. The minimum absolute atomic E-state index is 0.0465. The molecule has 3 aromatic carbocycles. The van der Waals surface area contributed by atoms with Crippen molar-refractivity contribution < 1.29 is 19.7 Å². The van der Waals surface area contributed by atoms with Gasteiger partial charge < -0.3 is 19.7 Å². The molecule has 0 aliphatic carbocycles. The van der Waals surface area contributed by atoms with Crippen LogP contribution in [0.25, 0.3) is 21.5 Å². The van der Waals surface area contributed by atoms with Crippen molar-refractivity contribution in [2.24, 2.45) is 0 Å². The molecule has 0 aliphatic heterocycles. The number of halogens is 1. The van der Waals surface area contributed by atoms with E-state index in [-0.39, 0.29) is 26.4 Å². The Kier molecular flexibility index (Phi) is 5.00. The molecule has 0 atom stereocenters. The Bertz CT molecular complexity index is 832. The van der Waals surface area contributed by atoms with Crippen molar-refractivity contribution in [2.75, 3.05) is 26.4 Å². The molecule has 0 unspecified atom stereocenters. The molecular weight excluding hydrogens is 360 g/mol. The quantitative estimate of drug-likeness (QED) is 0.646. The van der Waals surface area contributed by atoms with Crippen molar-refractivity contribution in [1.29, 1.82) is 0 Å². The fraction of sp³-hybridized carbons (Fsp3) is 0.222. The first-order valence-corrected chi connectivity index (χ1v) is 8.17. The number of fused-ring (bicyclic) bond motifs is 2. The number of hydrogen-bond donors (Lipinski definition) is 2. The van der Waals surface area contributed by atoms with E-state index >= 15 is 0 Å². The minimum Gasteiger partial charge on any atom is -0.490 e. The average molecular weight is 377 g/mol. The Morgan fingerprint density at radius 3 is 1.83 bits per heavy atom. The van der Waals surface area contributed by atoms with Crippen molar-refractivity contribution in [3.63, 3.8) is 0 Å². The highest BCUT2D eigenvalue weighted by Crippen LogP contribution is 2.43. The van der Waals surface area contributed by atoms with Gasteiger partial charge in [-0.3, -0.25) is 0 Å². The second-order valence-electron chi connectivity index (χ2n) is 5.04. The van der Waals surface area contributed by atoms with E-state index in [1.165, 1.54) is 0 Å². The van der Waals surface area contributed by atoms with Gasteiger partial charge >= 0.3 is 0 Å². The summed E-state index contributed by atoms with van der Waals surface area (Å²) >= 11 is 3.49. The standard InChI is InChI=1S/C18H17BrO4/c19-12-5-6-15-16(11-12)18(23-10-8-21)14-4-2-1-3-13(14)17(15)22-9-7-20/h1-6,11,20-21H,7-10H2. The summed E-state index contributed by atoms with van der Waals surface area (Å²) in [6.07, 6.45) is 0. The lowest BCUT2D eigenvalue weighted by molar-refractivity contribution is 0.202. The number of rotatable bonds is 6. The molecule has 23 heavy (non-hydrogen) atoms. The molecule has 120 valence electrons. The molecule has 0 spiro atoms. The first-order valence-electron chi connectivity index (χ1n) is 7.37. The smallest absolute Gasteiger partial charge is 0.135 e. The van der Waals surface area contributed by atoms with Gasteiger partial charge in [0.25, 0.3) is 0 Å². The third-order valence-corrected chi connectivity index (χ3v) is 4.06. The maximum absolute atomic E-state index is 9.11. The van der Waals surface area contributed by atoms with Gasteiger partial charge in [0, 0.05) is 26.0 Å². The van der Waals surface area contributed by atoms with Gasteiger partial charge in [-0.15, -0.1) is 0 Å². The number of aliphatic hydroxyl groups excluding tert-OH is 2. The maximum Gasteiger partial charge on any atom is 0.135 e. The molecule has 0 heterocycles. The second-order valence-corrected chi connectivity index (χ2v) is 5.95. The lowest BCUT2D eigenvalue weighted by atomic mass is 10.0. The topological polar surface area (TPSA) is 58.9 Å². The van der Waals surface area contributed by atoms with Gasteiger partial charge in [0.1, 0.15) is 24.7 Å². The van der Waals surface area contributed by atoms with Crippen LogP contribution < -0.4 is 9.47 Å². The Morgan fingerprint density at radius 2 is 1.26 bits per heavy atom. The van der Waals surface area contributed by atoms with Crippen LogP contribution in [0.2, 0.25) is 0 Å². The van der Waals surface area contributed by atoms with Crippen LogP contribution >= 0.6 is 15.9 Å². The molecule has 2 N–H and O–H groups in total. The van der Waals surface area contributed by atoms with Gasteiger partial charge in [-0.2, -0.15) is 0 Å². The number of ether oxygens (including phenoxy) is 2. The molecule has 0 bridgehead atoms. The molecule has 0 fully saturated rings. The average Bonchev–Trinajstić information content (AvgIpc) is 2.58. The van der Waals surface area contributed by atoms with E-state index in [0.717, 1.165) is 37.5 Å². The van der Waals surface area contributed by atoms with Gasteiger partial charge in [-0.05, 0) is 18.2 Å². The third kappa shape index (κ3) is 3.13. The van der Waals surface area contributed by atoms with E-state index in [2.05, 4.69) is 15.9 Å². The normalized spacial score (nSPS) is 11.1. The first kappa shape index (κ1) is 16.1. The monoisotopic (exact) mass is 376 g/mol. The van der Waals surface area contributed by atoms with E-state index in [0.29, 0.717) is 0 Å². The third-order valence-electron chi connectivity index (χ3n) is 3.56. The fourth-order valence-corrected chi connectivity index (χ4v) is 3.04. The lowest BCUT2D eigenvalue weighted by Gasteiger charge is -2.17. The van der Waals surface area contributed by atoms with Crippen LogP contribution in [-0.2, 0) is 0 Å². The zero-order valence-corrected chi connectivity index (χ0v) is 14.0. The SMILES string of the molecule is OCCOc1c2ccccc2c(OCCO)c2cc(Br)ccc12. The highest BCUT2D eigenvalue weighted by atomic mass is 79.9. The molecule has 0 saturated carbocycles. The van der Waals surface area contributed by atoms with Crippen LogP contribution in [0.1, 0.15) is 0 Å². The molecule has 0 saturated heterocycles. The van der Waals surface area contributed by atoms with Crippen LogP contribution in [0.5, 0.6) is 11.5 Å².